The van der Waals surface area contributed by atoms with Crippen LogP contribution >= 0.6 is 0 Å². The summed E-state index contributed by atoms with van der Waals surface area (Å²) in [6.45, 7) is 1.49. The van der Waals surface area contributed by atoms with Crippen LogP contribution in [0.3, 0.4) is 0 Å². The number of phenols is 2. The second-order valence-electron chi connectivity index (χ2n) is 5.41. The summed E-state index contributed by atoms with van der Waals surface area (Å²) in [5.74, 6) is -3.45. The van der Waals surface area contributed by atoms with Gasteiger partial charge in [0.15, 0.2) is 0 Å². The van der Waals surface area contributed by atoms with Gasteiger partial charge in [-0.3, -0.25) is 9.59 Å². The topological polar surface area (TPSA) is 111 Å². The molecule has 0 bridgehead atoms. The smallest absolute Gasteiger partial charge is 0.471 e. The van der Waals surface area contributed by atoms with Crippen molar-refractivity contribution < 1.29 is 33.0 Å². The first-order valence-corrected chi connectivity index (χ1v) is 7.42. The highest BCUT2D eigenvalue weighted by Crippen LogP contribution is 2.21. The lowest BCUT2D eigenvalue weighted by Gasteiger charge is -2.09. The molecule has 2 aromatic carbocycles. The Balaban J connectivity index is 2.12. The van der Waals surface area contributed by atoms with E-state index in [2.05, 4.69) is 10.5 Å². The quantitative estimate of drug-likeness (QED) is 0.482. The average molecular weight is 381 g/mol. The third-order valence-corrected chi connectivity index (χ3v) is 3.29. The van der Waals surface area contributed by atoms with Gasteiger partial charge in [-0.1, -0.05) is 12.1 Å². The maximum absolute atomic E-state index is 12.3. The number of nitrogens with one attached hydrogen (secondary N) is 2. The highest BCUT2D eigenvalue weighted by molar-refractivity contribution is 6.02. The number of benzene rings is 2. The fourth-order valence-electron chi connectivity index (χ4n) is 2.01. The molecule has 0 aliphatic heterocycles. The number of carbonyl (C=O) groups is 2. The third-order valence-electron chi connectivity index (χ3n) is 3.29. The van der Waals surface area contributed by atoms with E-state index in [4.69, 9.17) is 0 Å². The van der Waals surface area contributed by atoms with Crippen molar-refractivity contribution >= 4 is 23.2 Å². The molecule has 0 atom stereocenters. The molecule has 0 aromatic heterocycles. The van der Waals surface area contributed by atoms with E-state index in [1.54, 1.807) is 5.32 Å². The minimum atomic E-state index is -5.01. The summed E-state index contributed by atoms with van der Waals surface area (Å²) in [6.07, 6.45) is -5.01. The van der Waals surface area contributed by atoms with Crippen LogP contribution < -0.4 is 10.7 Å². The molecule has 2 aromatic rings. The molecular formula is C17H14F3N3O4. The zero-order valence-electron chi connectivity index (χ0n) is 13.8. The lowest BCUT2D eigenvalue weighted by Crippen LogP contribution is -2.29. The first-order chi connectivity index (χ1) is 12.6. The van der Waals surface area contributed by atoms with Crippen molar-refractivity contribution in [3.05, 3.63) is 53.6 Å². The van der Waals surface area contributed by atoms with Crippen LogP contribution in [0.15, 0.2) is 47.6 Å². The summed E-state index contributed by atoms with van der Waals surface area (Å²) in [4.78, 5) is 23.0. The van der Waals surface area contributed by atoms with Crippen molar-refractivity contribution in [1.29, 1.82) is 0 Å². The van der Waals surface area contributed by atoms with Crippen LogP contribution in [0, 0.1) is 0 Å². The van der Waals surface area contributed by atoms with E-state index in [-0.39, 0.29) is 28.5 Å². The number of hydrogen-bond acceptors (Lipinski definition) is 5. The van der Waals surface area contributed by atoms with Gasteiger partial charge in [0.1, 0.15) is 11.5 Å². The summed E-state index contributed by atoms with van der Waals surface area (Å²) in [5.41, 5.74) is 2.66. The molecule has 0 saturated heterocycles. The summed E-state index contributed by atoms with van der Waals surface area (Å²) < 4.78 is 36.9. The zero-order valence-corrected chi connectivity index (χ0v) is 13.8. The van der Waals surface area contributed by atoms with Crippen molar-refractivity contribution in [2.75, 3.05) is 5.32 Å². The minimum Gasteiger partial charge on any atom is -0.508 e. The molecule has 2 amide bonds. The number of anilines is 1. The number of aromatic hydroxyl groups is 2. The molecule has 0 spiro atoms. The van der Waals surface area contributed by atoms with Crippen LogP contribution in [0.25, 0.3) is 0 Å². The van der Waals surface area contributed by atoms with Crippen LogP contribution in [-0.4, -0.2) is 33.9 Å². The number of rotatable bonds is 4. The Morgan fingerprint density at radius 3 is 2.22 bits per heavy atom. The van der Waals surface area contributed by atoms with Crippen molar-refractivity contribution in [2.45, 2.75) is 13.1 Å². The maximum Gasteiger partial charge on any atom is 0.471 e. The van der Waals surface area contributed by atoms with Crippen molar-refractivity contribution in [3.63, 3.8) is 0 Å². The largest absolute Gasteiger partial charge is 0.508 e. The highest BCUT2D eigenvalue weighted by atomic mass is 19.4. The molecular weight excluding hydrogens is 367 g/mol. The molecule has 10 heteroatoms. The molecule has 0 aliphatic rings. The molecule has 0 saturated carbocycles. The van der Waals surface area contributed by atoms with Crippen molar-refractivity contribution in [2.24, 2.45) is 5.10 Å². The average Bonchev–Trinajstić information content (AvgIpc) is 2.57. The number of halogens is 3. The molecule has 2 rings (SSSR count). The maximum atomic E-state index is 12.3. The number of hydrogen-bond donors (Lipinski definition) is 4. The van der Waals surface area contributed by atoms with Gasteiger partial charge in [-0.2, -0.15) is 18.3 Å². The molecule has 7 nitrogen and oxygen atoms in total. The van der Waals surface area contributed by atoms with E-state index in [0.717, 1.165) is 18.2 Å². The van der Waals surface area contributed by atoms with Gasteiger partial charge in [0, 0.05) is 17.3 Å². The predicted molar refractivity (Wildman–Crippen MR) is 90.6 cm³/mol. The minimum absolute atomic E-state index is 0.0461. The van der Waals surface area contributed by atoms with Crippen LogP contribution in [0.5, 0.6) is 11.5 Å². The molecule has 0 radical (unpaired) electrons. The van der Waals surface area contributed by atoms with Crippen LogP contribution in [0.2, 0.25) is 0 Å². The normalized spacial score (nSPS) is 11.8. The number of phenolic OH excluding ortho intramolecular Hbond substituents is 2. The van der Waals surface area contributed by atoms with Crippen molar-refractivity contribution in [1.82, 2.24) is 5.43 Å². The fourth-order valence-corrected chi connectivity index (χ4v) is 2.01. The first-order valence-electron chi connectivity index (χ1n) is 7.42. The van der Waals surface area contributed by atoms with E-state index in [0.29, 0.717) is 5.56 Å². The van der Waals surface area contributed by atoms with Gasteiger partial charge in [-0.15, -0.1) is 0 Å². The zero-order chi connectivity index (χ0) is 20.2. The number of amides is 2. The standard InChI is InChI=1S/C17H14F3N3O4/c1-9(22-23-15(26)11-6-13(24)8-14(25)7-11)10-3-2-4-12(5-10)21-16(27)17(18,19)20/h2-8,24-25H,1H3,(H,21,27)(H,23,26)/b22-9-. The van der Waals surface area contributed by atoms with Crippen LogP contribution in [-0.2, 0) is 4.79 Å². The SMILES string of the molecule is C/C(=N/NC(=O)c1cc(O)cc(O)c1)c1cccc(NC(=O)C(F)(F)F)c1. The lowest BCUT2D eigenvalue weighted by atomic mass is 10.1. The fraction of sp³-hybridized carbons (Fsp3) is 0.118. The van der Waals surface area contributed by atoms with E-state index in [9.17, 15) is 33.0 Å². The molecule has 27 heavy (non-hydrogen) atoms. The van der Waals surface area contributed by atoms with Crippen LogP contribution in [0.1, 0.15) is 22.8 Å². The highest BCUT2D eigenvalue weighted by Gasteiger charge is 2.38. The number of carbonyl (C=O) groups excluding carboxylic acids is 2. The number of hydrazone groups is 1. The molecule has 0 aliphatic carbocycles. The molecule has 0 heterocycles. The molecule has 142 valence electrons. The first kappa shape index (κ1) is 19.8. The molecule has 0 unspecified atom stereocenters. The lowest BCUT2D eigenvalue weighted by molar-refractivity contribution is -0.167. The summed E-state index contributed by atoms with van der Waals surface area (Å²) in [7, 11) is 0. The van der Waals surface area contributed by atoms with Gasteiger partial charge in [-0.05, 0) is 36.8 Å². The number of alkyl halides is 3. The Morgan fingerprint density at radius 1 is 1.00 bits per heavy atom. The van der Waals surface area contributed by atoms with E-state index < -0.39 is 18.0 Å². The van der Waals surface area contributed by atoms with Crippen molar-refractivity contribution in [3.8, 4) is 11.5 Å². The van der Waals surface area contributed by atoms with Gasteiger partial charge in [0.25, 0.3) is 5.91 Å². The molecule has 4 N–H and O–H groups in total. The monoisotopic (exact) mass is 381 g/mol. The summed E-state index contributed by atoms with van der Waals surface area (Å²) >= 11 is 0. The van der Waals surface area contributed by atoms with Gasteiger partial charge < -0.3 is 15.5 Å². The van der Waals surface area contributed by atoms with E-state index in [1.165, 1.54) is 31.2 Å². The van der Waals surface area contributed by atoms with Gasteiger partial charge in [0.2, 0.25) is 0 Å². The Bertz CT molecular complexity index is 890. The third kappa shape index (κ3) is 5.46. The second-order valence-corrected chi connectivity index (χ2v) is 5.41. The van der Waals surface area contributed by atoms with Crippen LogP contribution in [0.4, 0.5) is 18.9 Å². The Kier molecular flexibility index (Phi) is 5.69. The Labute approximate surface area is 151 Å². The van der Waals surface area contributed by atoms with E-state index in [1.807, 2.05) is 0 Å². The predicted octanol–water partition coefficient (Wildman–Crippen LogP) is 2.75. The number of nitrogens with zero attached hydrogens (tertiary/aromatic N) is 1. The van der Waals surface area contributed by atoms with E-state index >= 15 is 0 Å². The Morgan fingerprint density at radius 2 is 1.63 bits per heavy atom. The summed E-state index contributed by atoms with van der Waals surface area (Å²) in [6, 6.07) is 8.75. The van der Waals surface area contributed by atoms with Gasteiger partial charge >= 0.3 is 12.1 Å². The second kappa shape index (κ2) is 7.77. The summed E-state index contributed by atoms with van der Waals surface area (Å²) in [5, 5.41) is 24.3. The van der Waals surface area contributed by atoms with Gasteiger partial charge in [-0.25, -0.2) is 5.43 Å². The van der Waals surface area contributed by atoms with Gasteiger partial charge in [0.05, 0.1) is 5.71 Å². The molecule has 0 fully saturated rings. The Hall–Kier alpha value is -3.56.